The standard InChI is InChI=1S/C33H39ClN8O4/c1-20-30(34)28(40-39-20)18-42-14-13-35-32(45)26(15-22-9-5-4-6-10-22)38-31(44)21(2)41(3)33(46)27(37-29(43)19-42)16-23-17-36-25-12-8-7-11-24(23)25/h4-12,17,21,26-27,36H,13-16,18-19H2,1-3H3,(H,35,45)(H,37,43)(H,38,44)(H,39,40)/t21-,26-,27-/m0/s1. The second kappa shape index (κ2) is 14.6. The van der Waals surface area contributed by atoms with Gasteiger partial charge in [-0.25, -0.2) is 0 Å². The number of fused-ring (bicyclic) bond motifs is 1. The average molecular weight is 647 g/mol. The molecule has 4 aromatic rings. The van der Waals surface area contributed by atoms with E-state index in [-0.39, 0.29) is 44.9 Å². The summed E-state index contributed by atoms with van der Waals surface area (Å²) in [5.74, 6) is -1.68. The maximum absolute atomic E-state index is 14.0. The van der Waals surface area contributed by atoms with Crippen LogP contribution >= 0.6 is 11.6 Å². The number of aromatic nitrogens is 3. The molecule has 5 rings (SSSR count). The van der Waals surface area contributed by atoms with E-state index in [0.717, 1.165) is 22.0 Å². The number of likely N-dealkylation sites (N-methyl/N-ethyl adjacent to an activating group) is 1. The Balaban J connectivity index is 1.45. The first-order valence-corrected chi connectivity index (χ1v) is 15.6. The Morgan fingerprint density at radius 2 is 1.67 bits per heavy atom. The third kappa shape index (κ3) is 7.75. The zero-order valence-electron chi connectivity index (χ0n) is 26.1. The number of halogens is 1. The lowest BCUT2D eigenvalue weighted by molar-refractivity contribution is -0.142. The van der Waals surface area contributed by atoms with Gasteiger partial charge in [0.2, 0.25) is 23.6 Å². The molecule has 13 heteroatoms. The Labute approximate surface area is 272 Å². The van der Waals surface area contributed by atoms with Gasteiger partial charge in [0.15, 0.2) is 0 Å². The van der Waals surface area contributed by atoms with E-state index in [1.165, 1.54) is 11.9 Å². The number of carbonyl (C=O) groups excluding carboxylic acids is 4. The number of rotatable bonds is 6. The number of benzene rings is 2. The molecular weight excluding hydrogens is 608 g/mol. The molecule has 1 fully saturated rings. The Kier molecular flexibility index (Phi) is 10.4. The molecule has 0 unspecified atom stereocenters. The van der Waals surface area contributed by atoms with Gasteiger partial charge in [-0.1, -0.05) is 60.1 Å². The fourth-order valence-corrected chi connectivity index (χ4v) is 5.73. The summed E-state index contributed by atoms with van der Waals surface area (Å²) in [5, 5.41) is 17.2. The van der Waals surface area contributed by atoms with Gasteiger partial charge in [0, 0.05) is 56.6 Å². The van der Waals surface area contributed by atoms with Crippen molar-refractivity contribution in [2.75, 3.05) is 26.7 Å². The summed E-state index contributed by atoms with van der Waals surface area (Å²) < 4.78 is 0. The molecular formula is C33H39ClN8O4. The number of nitrogens with one attached hydrogen (secondary N) is 5. The summed E-state index contributed by atoms with van der Waals surface area (Å²) in [6, 6.07) is 14.3. The molecule has 0 bridgehead atoms. The van der Waals surface area contributed by atoms with Crippen LogP contribution in [0.25, 0.3) is 10.9 Å². The minimum absolute atomic E-state index is 0.0837. The quantitative estimate of drug-likeness (QED) is 0.216. The number of carbonyl (C=O) groups is 4. The SMILES string of the molecule is Cc1[nH]nc(CN2CCNC(=O)[C@H](Cc3ccccc3)NC(=O)[C@H](C)N(C)C(=O)[C@H](Cc3c[nH]c4ccccc34)NC(=O)C2)c1Cl. The van der Waals surface area contributed by atoms with Crippen LogP contribution in [-0.4, -0.2) is 93.4 Å². The first-order chi connectivity index (χ1) is 22.1. The van der Waals surface area contributed by atoms with Crippen LogP contribution in [0.3, 0.4) is 0 Å². The predicted octanol–water partition coefficient (Wildman–Crippen LogP) is 2.09. The molecule has 3 heterocycles. The number of hydrogen-bond acceptors (Lipinski definition) is 6. The number of nitrogens with zero attached hydrogens (tertiary/aromatic N) is 3. The highest BCUT2D eigenvalue weighted by Gasteiger charge is 2.33. The second-order valence-corrected chi connectivity index (χ2v) is 12.0. The zero-order chi connectivity index (χ0) is 32.8. The molecule has 12 nitrogen and oxygen atoms in total. The number of aryl methyl sites for hydroxylation is 1. The van der Waals surface area contributed by atoms with Crippen LogP contribution in [0, 0.1) is 6.92 Å². The lowest BCUT2D eigenvalue weighted by Gasteiger charge is -2.30. The number of H-pyrrole nitrogens is 2. The Morgan fingerprint density at radius 3 is 2.41 bits per heavy atom. The minimum Gasteiger partial charge on any atom is -0.361 e. The third-order valence-corrected chi connectivity index (χ3v) is 8.87. The van der Waals surface area contributed by atoms with Gasteiger partial charge in [-0.3, -0.25) is 29.2 Å². The highest BCUT2D eigenvalue weighted by atomic mass is 35.5. The second-order valence-electron chi connectivity index (χ2n) is 11.7. The van der Waals surface area contributed by atoms with Gasteiger partial charge in [-0.15, -0.1) is 0 Å². The van der Waals surface area contributed by atoms with Crippen LogP contribution in [0.5, 0.6) is 0 Å². The van der Waals surface area contributed by atoms with E-state index >= 15 is 0 Å². The summed E-state index contributed by atoms with van der Waals surface area (Å²) in [4.78, 5) is 60.8. The Morgan fingerprint density at radius 1 is 0.935 bits per heavy atom. The van der Waals surface area contributed by atoms with E-state index in [1.807, 2.05) is 60.8 Å². The fraction of sp³-hybridized carbons (Fsp3) is 0.364. The van der Waals surface area contributed by atoms with Crippen molar-refractivity contribution in [2.45, 2.75) is 51.4 Å². The Bertz CT molecular complexity index is 1700. The van der Waals surface area contributed by atoms with E-state index in [2.05, 4.69) is 31.1 Å². The molecule has 1 aliphatic heterocycles. The van der Waals surface area contributed by atoms with Crippen LogP contribution in [-0.2, 0) is 38.6 Å². The molecule has 242 valence electrons. The van der Waals surface area contributed by atoms with E-state index in [4.69, 9.17) is 11.6 Å². The van der Waals surface area contributed by atoms with Gasteiger partial charge in [0.1, 0.15) is 18.1 Å². The smallest absolute Gasteiger partial charge is 0.245 e. The summed E-state index contributed by atoms with van der Waals surface area (Å²) >= 11 is 6.45. The van der Waals surface area contributed by atoms with Gasteiger partial charge in [-0.05, 0) is 31.0 Å². The molecule has 1 aliphatic rings. The topological polar surface area (TPSA) is 155 Å². The van der Waals surface area contributed by atoms with Crippen LogP contribution in [0.1, 0.15) is 29.4 Å². The fourth-order valence-electron chi connectivity index (χ4n) is 5.58. The van der Waals surface area contributed by atoms with Crippen LogP contribution < -0.4 is 16.0 Å². The monoisotopic (exact) mass is 646 g/mol. The summed E-state index contributed by atoms with van der Waals surface area (Å²) in [6.07, 6.45) is 2.29. The summed E-state index contributed by atoms with van der Waals surface area (Å²) in [5.41, 5.74) is 3.90. The molecule has 4 amide bonds. The number of aromatic amines is 2. The van der Waals surface area contributed by atoms with Crippen molar-refractivity contribution in [3.63, 3.8) is 0 Å². The highest BCUT2D eigenvalue weighted by molar-refractivity contribution is 6.31. The van der Waals surface area contributed by atoms with Crippen LogP contribution in [0.2, 0.25) is 5.02 Å². The van der Waals surface area contributed by atoms with E-state index in [0.29, 0.717) is 16.4 Å². The van der Waals surface area contributed by atoms with Gasteiger partial charge in [-0.2, -0.15) is 5.10 Å². The minimum atomic E-state index is -0.963. The number of hydrogen-bond donors (Lipinski definition) is 5. The van der Waals surface area contributed by atoms with Crippen molar-refractivity contribution < 1.29 is 19.2 Å². The lowest BCUT2D eigenvalue weighted by Crippen LogP contribution is -2.57. The van der Waals surface area contributed by atoms with Gasteiger partial charge >= 0.3 is 0 Å². The lowest BCUT2D eigenvalue weighted by atomic mass is 10.0. The van der Waals surface area contributed by atoms with Crippen molar-refractivity contribution in [2.24, 2.45) is 0 Å². The highest BCUT2D eigenvalue weighted by Crippen LogP contribution is 2.21. The largest absolute Gasteiger partial charge is 0.361 e. The number of amides is 4. The normalized spacial score (nSPS) is 21.0. The number of para-hydroxylation sites is 1. The van der Waals surface area contributed by atoms with E-state index in [1.54, 1.807) is 18.7 Å². The van der Waals surface area contributed by atoms with Crippen LogP contribution in [0.15, 0.2) is 60.8 Å². The summed E-state index contributed by atoms with van der Waals surface area (Å²) in [6.45, 7) is 4.03. The zero-order valence-corrected chi connectivity index (χ0v) is 26.9. The molecule has 46 heavy (non-hydrogen) atoms. The van der Waals surface area contributed by atoms with Crippen molar-refractivity contribution in [3.05, 3.63) is 88.3 Å². The maximum atomic E-state index is 14.0. The maximum Gasteiger partial charge on any atom is 0.245 e. The van der Waals surface area contributed by atoms with Crippen molar-refractivity contribution in [1.82, 2.24) is 40.9 Å². The molecule has 0 spiro atoms. The third-order valence-electron chi connectivity index (χ3n) is 8.36. The van der Waals surface area contributed by atoms with Crippen molar-refractivity contribution >= 4 is 46.1 Å². The van der Waals surface area contributed by atoms with Crippen molar-refractivity contribution in [1.29, 1.82) is 0 Å². The average Bonchev–Trinajstić information content (AvgIpc) is 3.60. The molecule has 2 aromatic heterocycles. The molecule has 2 aromatic carbocycles. The Hall–Kier alpha value is -4.68. The molecule has 0 aliphatic carbocycles. The van der Waals surface area contributed by atoms with E-state index in [9.17, 15) is 19.2 Å². The van der Waals surface area contributed by atoms with Gasteiger partial charge in [0.05, 0.1) is 23.0 Å². The first kappa shape index (κ1) is 32.7. The van der Waals surface area contributed by atoms with Crippen LogP contribution in [0.4, 0.5) is 0 Å². The predicted molar refractivity (Wildman–Crippen MR) is 175 cm³/mol. The molecule has 0 saturated carbocycles. The molecule has 3 atom stereocenters. The van der Waals surface area contributed by atoms with E-state index < -0.39 is 35.8 Å². The first-order valence-electron chi connectivity index (χ1n) is 15.3. The van der Waals surface area contributed by atoms with Gasteiger partial charge < -0.3 is 25.8 Å². The van der Waals surface area contributed by atoms with Gasteiger partial charge in [0.25, 0.3) is 0 Å². The molecule has 1 saturated heterocycles. The molecule has 0 radical (unpaired) electrons. The van der Waals surface area contributed by atoms with Crippen molar-refractivity contribution in [3.8, 4) is 0 Å². The molecule has 5 N–H and O–H groups in total. The summed E-state index contributed by atoms with van der Waals surface area (Å²) in [7, 11) is 1.53.